The Morgan fingerprint density at radius 1 is 1.05 bits per heavy atom. The maximum absolute atomic E-state index is 11.5. The van der Waals surface area contributed by atoms with Crippen LogP contribution in [-0.2, 0) is 4.79 Å². The minimum atomic E-state index is 0.0957. The summed E-state index contributed by atoms with van der Waals surface area (Å²) in [6, 6.07) is 0. The summed E-state index contributed by atoms with van der Waals surface area (Å²) < 4.78 is 0. The molecule has 0 saturated heterocycles. The summed E-state index contributed by atoms with van der Waals surface area (Å²) in [6.45, 7) is 12.7. The molecule has 0 amide bonds. The van der Waals surface area contributed by atoms with Crippen LogP contribution in [0.15, 0.2) is 23.8 Å². The van der Waals surface area contributed by atoms with Gasteiger partial charge in [0.1, 0.15) is 0 Å². The molecule has 0 fully saturated rings. The van der Waals surface area contributed by atoms with Crippen molar-refractivity contribution in [3.05, 3.63) is 23.8 Å². The van der Waals surface area contributed by atoms with Crippen molar-refractivity contribution in [1.82, 2.24) is 0 Å². The molecular weight excluding hydrogens is 232 g/mol. The van der Waals surface area contributed by atoms with E-state index in [1.165, 1.54) is 19.3 Å². The Bertz CT molecular complexity index is 308. The SMILES string of the molecule is CC(/C=C/CC(C)CCCC(C)C)=C\C(=O)C(C)C. The van der Waals surface area contributed by atoms with E-state index in [0.717, 1.165) is 23.8 Å². The molecule has 0 aliphatic carbocycles. The van der Waals surface area contributed by atoms with Gasteiger partial charge in [-0.05, 0) is 36.8 Å². The standard InChI is InChI=1S/C18H32O/c1-14(2)9-7-10-16(5)11-8-12-17(6)13-18(19)15(3)4/h8,12-16H,7,9-11H2,1-6H3/b12-8+,17-13+. The van der Waals surface area contributed by atoms with Crippen LogP contribution in [0, 0.1) is 17.8 Å². The fraction of sp³-hybridized carbons (Fsp3) is 0.722. The fourth-order valence-corrected chi connectivity index (χ4v) is 1.92. The number of allylic oxidation sites excluding steroid dienone is 4. The predicted octanol–water partition coefficient (Wildman–Crippen LogP) is 5.57. The van der Waals surface area contributed by atoms with E-state index in [0.29, 0.717) is 0 Å². The average molecular weight is 264 g/mol. The maximum atomic E-state index is 11.5. The molecule has 0 saturated carbocycles. The van der Waals surface area contributed by atoms with E-state index in [1.54, 1.807) is 6.08 Å². The second kappa shape index (κ2) is 10.00. The molecular formula is C18H32O. The third-order valence-electron chi connectivity index (χ3n) is 3.34. The molecule has 0 heterocycles. The Morgan fingerprint density at radius 2 is 1.68 bits per heavy atom. The lowest BCUT2D eigenvalue weighted by atomic mass is 9.97. The summed E-state index contributed by atoms with van der Waals surface area (Å²) in [5.41, 5.74) is 1.06. The first-order valence-electron chi connectivity index (χ1n) is 7.71. The van der Waals surface area contributed by atoms with Crippen LogP contribution >= 0.6 is 0 Å². The summed E-state index contributed by atoms with van der Waals surface area (Å²) in [5, 5.41) is 0. The van der Waals surface area contributed by atoms with Crippen LogP contribution in [0.1, 0.15) is 67.2 Å². The minimum absolute atomic E-state index is 0.0957. The Kier molecular flexibility index (Phi) is 9.55. The predicted molar refractivity (Wildman–Crippen MR) is 85.2 cm³/mol. The molecule has 1 unspecified atom stereocenters. The number of hydrogen-bond acceptors (Lipinski definition) is 1. The molecule has 19 heavy (non-hydrogen) atoms. The molecule has 0 bridgehead atoms. The van der Waals surface area contributed by atoms with Crippen molar-refractivity contribution in [2.75, 3.05) is 0 Å². The first-order chi connectivity index (χ1) is 8.82. The van der Waals surface area contributed by atoms with Crippen molar-refractivity contribution >= 4 is 5.78 Å². The zero-order valence-electron chi connectivity index (χ0n) is 13.7. The summed E-state index contributed by atoms with van der Waals surface area (Å²) in [6.07, 6.45) is 11.1. The summed E-state index contributed by atoms with van der Waals surface area (Å²) in [4.78, 5) is 11.5. The van der Waals surface area contributed by atoms with Gasteiger partial charge in [-0.25, -0.2) is 0 Å². The third-order valence-corrected chi connectivity index (χ3v) is 3.34. The monoisotopic (exact) mass is 264 g/mol. The van der Waals surface area contributed by atoms with E-state index in [4.69, 9.17) is 0 Å². The Labute approximate surface area is 120 Å². The van der Waals surface area contributed by atoms with E-state index in [9.17, 15) is 4.79 Å². The van der Waals surface area contributed by atoms with Gasteiger partial charge >= 0.3 is 0 Å². The van der Waals surface area contributed by atoms with Crippen molar-refractivity contribution < 1.29 is 4.79 Å². The van der Waals surface area contributed by atoms with Gasteiger partial charge < -0.3 is 0 Å². The van der Waals surface area contributed by atoms with Gasteiger partial charge in [0, 0.05) is 5.92 Å². The van der Waals surface area contributed by atoms with Crippen LogP contribution < -0.4 is 0 Å². The fourth-order valence-electron chi connectivity index (χ4n) is 1.92. The van der Waals surface area contributed by atoms with Crippen LogP contribution in [0.25, 0.3) is 0 Å². The van der Waals surface area contributed by atoms with Gasteiger partial charge in [-0.1, -0.05) is 66.0 Å². The van der Waals surface area contributed by atoms with E-state index in [-0.39, 0.29) is 11.7 Å². The highest BCUT2D eigenvalue weighted by Crippen LogP contribution is 2.16. The van der Waals surface area contributed by atoms with Crippen LogP contribution in [0.4, 0.5) is 0 Å². The number of rotatable bonds is 9. The second-order valence-corrected chi connectivity index (χ2v) is 6.51. The quantitative estimate of drug-likeness (QED) is 0.393. The van der Waals surface area contributed by atoms with Gasteiger partial charge in [0.05, 0.1) is 0 Å². The number of hydrogen-bond donors (Lipinski definition) is 0. The number of carbonyl (C=O) groups is 1. The second-order valence-electron chi connectivity index (χ2n) is 6.51. The van der Waals surface area contributed by atoms with Crippen LogP contribution in [0.5, 0.6) is 0 Å². The molecule has 1 atom stereocenters. The molecule has 0 aliphatic rings. The van der Waals surface area contributed by atoms with Gasteiger partial charge in [-0.2, -0.15) is 0 Å². The van der Waals surface area contributed by atoms with Gasteiger partial charge in [-0.3, -0.25) is 4.79 Å². The molecule has 1 heteroatoms. The molecule has 110 valence electrons. The topological polar surface area (TPSA) is 17.1 Å². The summed E-state index contributed by atoms with van der Waals surface area (Å²) in [5.74, 6) is 1.86. The molecule has 0 rings (SSSR count). The van der Waals surface area contributed by atoms with Crippen LogP contribution in [-0.4, -0.2) is 5.78 Å². The highest BCUT2D eigenvalue weighted by Gasteiger charge is 2.03. The molecule has 0 aliphatic heterocycles. The van der Waals surface area contributed by atoms with Gasteiger partial charge in [0.2, 0.25) is 0 Å². The third kappa shape index (κ3) is 10.7. The lowest BCUT2D eigenvalue weighted by Crippen LogP contribution is -2.02. The van der Waals surface area contributed by atoms with Gasteiger partial charge in [-0.15, -0.1) is 0 Å². The van der Waals surface area contributed by atoms with E-state index >= 15 is 0 Å². The van der Waals surface area contributed by atoms with E-state index in [1.807, 2.05) is 20.8 Å². The van der Waals surface area contributed by atoms with Crippen molar-refractivity contribution in [2.45, 2.75) is 67.2 Å². The lowest BCUT2D eigenvalue weighted by molar-refractivity contribution is -0.117. The summed E-state index contributed by atoms with van der Waals surface area (Å²) in [7, 11) is 0. The van der Waals surface area contributed by atoms with Gasteiger partial charge in [0.15, 0.2) is 5.78 Å². The summed E-state index contributed by atoms with van der Waals surface area (Å²) >= 11 is 0. The number of carbonyl (C=O) groups excluding carboxylic acids is 1. The molecule has 1 nitrogen and oxygen atoms in total. The first kappa shape index (κ1) is 18.1. The number of ketones is 1. The van der Waals surface area contributed by atoms with Crippen LogP contribution in [0.3, 0.4) is 0 Å². The Balaban J connectivity index is 3.97. The van der Waals surface area contributed by atoms with E-state index in [2.05, 4.69) is 32.9 Å². The largest absolute Gasteiger partial charge is 0.295 e. The maximum Gasteiger partial charge on any atom is 0.158 e. The van der Waals surface area contributed by atoms with Crippen LogP contribution in [0.2, 0.25) is 0 Å². The normalized spacial score (nSPS) is 14.6. The molecule has 0 aromatic rings. The highest BCUT2D eigenvalue weighted by atomic mass is 16.1. The lowest BCUT2D eigenvalue weighted by Gasteiger charge is -2.09. The average Bonchev–Trinajstić information content (AvgIpc) is 2.28. The van der Waals surface area contributed by atoms with E-state index < -0.39 is 0 Å². The Hall–Kier alpha value is -0.850. The first-order valence-corrected chi connectivity index (χ1v) is 7.71. The minimum Gasteiger partial charge on any atom is -0.295 e. The molecule has 0 aromatic heterocycles. The molecule has 0 spiro atoms. The Morgan fingerprint density at radius 3 is 2.21 bits per heavy atom. The molecule has 0 radical (unpaired) electrons. The molecule has 0 aromatic carbocycles. The highest BCUT2D eigenvalue weighted by molar-refractivity contribution is 5.92. The van der Waals surface area contributed by atoms with Crippen molar-refractivity contribution in [1.29, 1.82) is 0 Å². The van der Waals surface area contributed by atoms with Crippen molar-refractivity contribution in [2.24, 2.45) is 17.8 Å². The zero-order chi connectivity index (χ0) is 14.8. The smallest absolute Gasteiger partial charge is 0.158 e. The zero-order valence-corrected chi connectivity index (χ0v) is 13.7. The van der Waals surface area contributed by atoms with Gasteiger partial charge in [0.25, 0.3) is 0 Å². The van der Waals surface area contributed by atoms with Crippen molar-refractivity contribution in [3.8, 4) is 0 Å². The van der Waals surface area contributed by atoms with Crippen molar-refractivity contribution in [3.63, 3.8) is 0 Å². The molecule has 0 N–H and O–H groups in total.